The maximum absolute atomic E-state index is 11.4. The number of benzene rings is 1. The number of carbonyl (C=O) groups is 1. The molecule has 1 aromatic carbocycles. The van der Waals surface area contributed by atoms with Crippen LogP contribution in [0.2, 0.25) is 0 Å². The van der Waals surface area contributed by atoms with E-state index in [0.717, 1.165) is 42.6 Å². The van der Waals surface area contributed by atoms with E-state index >= 15 is 0 Å². The van der Waals surface area contributed by atoms with Crippen LogP contribution in [0.4, 0.5) is 0 Å². The van der Waals surface area contributed by atoms with Gasteiger partial charge in [0.2, 0.25) is 0 Å². The summed E-state index contributed by atoms with van der Waals surface area (Å²) in [6, 6.07) is 3.42. The van der Waals surface area contributed by atoms with E-state index in [2.05, 4.69) is 13.8 Å². The molecule has 112 valence electrons. The van der Waals surface area contributed by atoms with Gasteiger partial charge in [-0.1, -0.05) is 26.7 Å². The first-order valence-electron chi connectivity index (χ1n) is 7.25. The molecule has 0 heterocycles. The van der Waals surface area contributed by atoms with Crippen LogP contribution in [0.3, 0.4) is 0 Å². The first-order valence-corrected chi connectivity index (χ1v) is 7.25. The molecule has 0 radical (unpaired) electrons. The number of ether oxygens (including phenoxy) is 2. The lowest BCUT2D eigenvalue weighted by Crippen LogP contribution is -2.16. The monoisotopic (exact) mass is 280 g/mol. The van der Waals surface area contributed by atoms with Gasteiger partial charge in [-0.15, -0.1) is 0 Å². The summed E-state index contributed by atoms with van der Waals surface area (Å²) in [6.45, 7) is 6.16. The summed E-state index contributed by atoms with van der Waals surface area (Å²) in [6.07, 6.45) is 3.52. The molecule has 0 atom stereocenters. The second kappa shape index (κ2) is 8.46. The summed E-state index contributed by atoms with van der Waals surface area (Å²) in [5, 5.41) is 9.79. The predicted molar refractivity (Wildman–Crippen MR) is 78.2 cm³/mol. The van der Waals surface area contributed by atoms with Gasteiger partial charge in [0.15, 0.2) is 6.61 Å². The summed E-state index contributed by atoms with van der Waals surface area (Å²) in [4.78, 5) is 11.4. The summed E-state index contributed by atoms with van der Waals surface area (Å²) in [5.41, 5.74) is 1.89. The average molecular weight is 280 g/mol. The second-order valence-corrected chi connectivity index (χ2v) is 4.69. The number of aryl methyl sites for hydroxylation is 2. The molecule has 0 aromatic heterocycles. The molecule has 0 amide bonds. The number of aromatic hydroxyl groups is 1. The van der Waals surface area contributed by atoms with Gasteiger partial charge in [-0.3, -0.25) is 0 Å². The summed E-state index contributed by atoms with van der Waals surface area (Å²) >= 11 is 0. The fourth-order valence-electron chi connectivity index (χ4n) is 2.17. The van der Waals surface area contributed by atoms with Gasteiger partial charge in [0.25, 0.3) is 0 Å². The van der Waals surface area contributed by atoms with Crippen LogP contribution in [0, 0.1) is 0 Å². The maximum Gasteiger partial charge on any atom is 0.344 e. The Morgan fingerprint density at radius 3 is 2.10 bits per heavy atom. The molecule has 1 N–H and O–H groups in total. The fraction of sp³-hybridized carbons (Fsp3) is 0.562. The number of esters is 1. The number of carbonyl (C=O) groups excluding carboxylic acids is 1. The zero-order chi connectivity index (χ0) is 15.0. The Bertz CT molecular complexity index is 413. The van der Waals surface area contributed by atoms with Crippen molar-refractivity contribution in [3.63, 3.8) is 0 Å². The topological polar surface area (TPSA) is 55.8 Å². The molecule has 20 heavy (non-hydrogen) atoms. The molecular weight excluding hydrogens is 256 g/mol. The quantitative estimate of drug-likeness (QED) is 0.743. The Hall–Kier alpha value is -1.71. The molecule has 4 nitrogen and oxygen atoms in total. The molecule has 1 aromatic rings. The summed E-state index contributed by atoms with van der Waals surface area (Å²) in [5.74, 6) is 0.602. The highest BCUT2D eigenvalue weighted by atomic mass is 16.6. The average Bonchev–Trinajstić information content (AvgIpc) is 2.38. The van der Waals surface area contributed by atoms with E-state index in [1.165, 1.54) is 0 Å². The van der Waals surface area contributed by atoms with Gasteiger partial charge >= 0.3 is 5.97 Å². The van der Waals surface area contributed by atoms with Gasteiger partial charge in [0, 0.05) is 0 Å². The summed E-state index contributed by atoms with van der Waals surface area (Å²) in [7, 11) is 0. The van der Waals surface area contributed by atoms with E-state index in [-0.39, 0.29) is 18.3 Å². The van der Waals surface area contributed by atoms with E-state index < -0.39 is 0 Å². The highest BCUT2D eigenvalue weighted by Crippen LogP contribution is 2.31. The van der Waals surface area contributed by atoms with Crippen LogP contribution in [-0.4, -0.2) is 24.3 Å². The fourth-order valence-corrected chi connectivity index (χ4v) is 2.17. The van der Waals surface area contributed by atoms with E-state index in [0.29, 0.717) is 6.61 Å². The zero-order valence-corrected chi connectivity index (χ0v) is 12.6. The van der Waals surface area contributed by atoms with Crippen LogP contribution in [-0.2, 0) is 22.4 Å². The van der Waals surface area contributed by atoms with Crippen LogP contribution >= 0.6 is 0 Å². The van der Waals surface area contributed by atoms with Crippen LogP contribution in [0.1, 0.15) is 44.7 Å². The predicted octanol–water partition coefficient (Wildman–Crippen LogP) is 3.24. The molecule has 0 saturated heterocycles. The molecule has 0 aliphatic heterocycles. The maximum atomic E-state index is 11.4. The van der Waals surface area contributed by atoms with Gasteiger partial charge in [0.1, 0.15) is 11.5 Å². The van der Waals surface area contributed by atoms with Crippen LogP contribution in [0.15, 0.2) is 12.1 Å². The lowest BCUT2D eigenvalue weighted by molar-refractivity contribution is -0.145. The second-order valence-electron chi connectivity index (χ2n) is 4.69. The van der Waals surface area contributed by atoms with Crippen molar-refractivity contribution < 1.29 is 19.4 Å². The minimum atomic E-state index is -0.370. The van der Waals surface area contributed by atoms with Gasteiger partial charge < -0.3 is 14.6 Å². The van der Waals surface area contributed by atoms with Crippen molar-refractivity contribution in [2.45, 2.75) is 46.5 Å². The van der Waals surface area contributed by atoms with Crippen molar-refractivity contribution in [1.29, 1.82) is 0 Å². The number of rotatable bonds is 8. The van der Waals surface area contributed by atoms with Crippen LogP contribution < -0.4 is 4.74 Å². The standard InChI is InChI=1S/C16H24O4/c1-4-7-12-9-14(17)10-13(8-5-2)16(12)20-11-15(18)19-6-3/h9-10,17H,4-8,11H2,1-3H3. The third-order valence-electron chi connectivity index (χ3n) is 2.91. The van der Waals surface area contributed by atoms with Crippen molar-refractivity contribution in [1.82, 2.24) is 0 Å². The third-order valence-corrected chi connectivity index (χ3v) is 2.91. The van der Waals surface area contributed by atoms with Crippen LogP contribution in [0.25, 0.3) is 0 Å². The number of hydrogen-bond donors (Lipinski definition) is 1. The largest absolute Gasteiger partial charge is 0.508 e. The van der Waals surface area contributed by atoms with Gasteiger partial charge in [-0.05, 0) is 43.0 Å². The highest BCUT2D eigenvalue weighted by Gasteiger charge is 2.13. The van der Waals surface area contributed by atoms with Crippen molar-refractivity contribution in [3.8, 4) is 11.5 Å². The molecule has 1 rings (SSSR count). The first kappa shape index (κ1) is 16.3. The summed E-state index contributed by atoms with van der Waals surface area (Å²) < 4.78 is 10.5. The number of phenols is 1. The Kier molecular flexibility index (Phi) is 6.91. The van der Waals surface area contributed by atoms with E-state index in [1.54, 1.807) is 19.1 Å². The lowest BCUT2D eigenvalue weighted by Gasteiger charge is -2.16. The first-order chi connectivity index (χ1) is 9.62. The molecule has 0 bridgehead atoms. The SMILES string of the molecule is CCCc1cc(O)cc(CCC)c1OCC(=O)OCC. The molecule has 0 unspecified atom stereocenters. The van der Waals surface area contributed by atoms with Crippen molar-refractivity contribution in [3.05, 3.63) is 23.3 Å². The molecule has 4 heteroatoms. The molecular formula is C16H24O4. The molecule has 0 spiro atoms. The zero-order valence-electron chi connectivity index (χ0n) is 12.6. The Labute approximate surface area is 120 Å². The molecule has 0 fully saturated rings. The van der Waals surface area contributed by atoms with Crippen molar-refractivity contribution >= 4 is 5.97 Å². The van der Waals surface area contributed by atoms with Crippen molar-refractivity contribution in [2.24, 2.45) is 0 Å². The van der Waals surface area contributed by atoms with E-state index in [4.69, 9.17) is 9.47 Å². The minimum Gasteiger partial charge on any atom is -0.508 e. The van der Waals surface area contributed by atoms with Crippen LogP contribution in [0.5, 0.6) is 11.5 Å². The lowest BCUT2D eigenvalue weighted by atomic mass is 10.0. The highest BCUT2D eigenvalue weighted by molar-refractivity contribution is 5.71. The Morgan fingerprint density at radius 1 is 1.10 bits per heavy atom. The normalized spacial score (nSPS) is 10.3. The number of hydrogen-bond acceptors (Lipinski definition) is 4. The minimum absolute atomic E-state index is 0.0912. The molecule has 0 aliphatic carbocycles. The number of phenolic OH excluding ortho intramolecular Hbond substituents is 1. The van der Waals surface area contributed by atoms with E-state index in [1.807, 2.05) is 0 Å². The van der Waals surface area contributed by atoms with Gasteiger partial charge in [0.05, 0.1) is 6.61 Å². The van der Waals surface area contributed by atoms with Crippen molar-refractivity contribution in [2.75, 3.05) is 13.2 Å². The molecule has 0 saturated carbocycles. The third kappa shape index (κ3) is 4.76. The van der Waals surface area contributed by atoms with Gasteiger partial charge in [-0.2, -0.15) is 0 Å². The van der Waals surface area contributed by atoms with E-state index in [9.17, 15) is 9.90 Å². The Balaban J connectivity index is 2.96. The smallest absolute Gasteiger partial charge is 0.344 e. The Morgan fingerprint density at radius 2 is 1.65 bits per heavy atom. The van der Waals surface area contributed by atoms with Gasteiger partial charge in [-0.25, -0.2) is 4.79 Å². The molecule has 0 aliphatic rings.